The van der Waals surface area contributed by atoms with E-state index in [1.807, 2.05) is 0 Å². The molecule has 0 aliphatic rings. The van der Waals surface area contributed by atoms with Gasteiger partial charge in [-0.3, -0.25) is 9.59 Å². The highest BCUT2D eigenvalue weighted by Crippen LogP contribution is 2.05. The van der Waals surface area contributed by atoms with Crippen molar-refractivity contribution >= 4 is 17.9 Å². The molecule has 0 aliphatic carbocycles. The first kappa shape index (κ1) is 18.2. The van der Waals surface area contributed by atoms with Crippen LogP contribution in [0.15, 0.2) is 0 Å². The van der Waals surface area contributed by atoms with Crippen molar-refractivity contribution in [1.82, 2.24) is 10.6 Å². The zero-order valence-corrected chi connectivity index (χ0v) is 12.2. The molecule has 0 aromatic carbocycles. The monoisotopic (exact) mass is 288 g/mol. The molecule has 0 spiro atoms. The van der Waals surface area contributed by atoms with Crippen molar-refractivity contribution in [2.45, 2.75) is 45.3 Å². The van der Waals surface area contributed by atoms with Crippen molar-refractivity contribution in [3.8, 4) is 0 Å². The first-order valence-electron chi connectivity index (χ1n) is 6.40. The molecule has 0 aromatic heterocycles. The van der Waals surface area contributed by atoms with E-state index in [0.29, 0.717) is 0 Å². The molecule has 0 aromatic rings. The molecule has 0 saturated heterocycles. The van der Waals surface area contributed by atoms with Gasteiger partial charge in [0.1, 0.15) is 5.60 Å². The number of primary amides is 1. The van der Waals surface area contributed by atoms with Gasteiger partial charge in [0.15, 0.2) is 0 Å². The standard InChI is InChI=1S/C12H24N4O4/c1-12(2,3)20-11(19)16-7-6-15-9(17)5-4-8(13)10(14)18/h8H,4-7,13H2,1-3H3,(H2,14,18)(H,15,17)(H,16,19)/t8-/m0/s1. The van der Waals surface area contributed by atoms with Gasteiger partial charge in [-0.15, -0.1) is 0 Å². The van der Waals surface area contributed by atoms with Gasteiger partial charge in [0.05, 0.1) is 6.04 Å². The van der Waals surface area contributed by atoms with E-state index in [1.54, 1.807) is 20.8 Å². The lowest BCUT2D eigenvalue weighted by Crippen LogP contribution is -2.39. The molecule has 116 valence electrons. The summed E-state index contributed by atoms with van der Waals surface area (Å²) in [6.45, 7) is 5.80. The molecule has 0 heterocycles. The Kier molecular flexibility index (Phi) is 7.60. The fraction of sp³-hybridized carbons (Fsp3) is 0.750. The van der Waals surface area contributed by atoms with Gasteiger partial charge >= 0.3 is 6.09 Å². The summed E-state index contributed by atoms with van der Waals surface area (Å²) in [5.74, 6) is -0.892. The van der Waals surface area contributed by atoms with Gasteiger partial charge in [-0.25, -0.2) is 4.79 Å². The molecule has 0 aliphatic heterocycles. The van der Waals surface area contributed by atoms with Gasteiger partial charge in [0.25, 0.3) is 0 Å². The van der Waals surface area contributed by atoms with Crippen molar-refractivity contribution < 1.29 is 19.1 Å². The van der Waals surface area contributed by atoms with Crippen LogP contribution in [0.3, 0.4) is 0 Å². The molecular formula is C12H24N4O4. The normalized spacial score (nSPS) is 12.4. The van der Waals surface area contributed by atoms with Crippen molar-refractivity contribution in [3.63, 3.8) is 0 Å². The molecule has 6 N–H and O–H groups in total. The zero-order valence-electron chi connectivity index (χ0n) is 12.2. The van der Waals surface area contributed by atoms with Crippen LogP contribution in [0.25, 0.3) is 0 Å². The Morgan fingerprint density at radius 1 is 1.15 bits per heavy atom. The first-order chi connectivity index (χ1) is 9.11. The van der Waals surface area contributed by atoms with E-state index in [2.05, 4.69) is 10.6 Å². The lowest BCUT2D eigenvalue weighted by Gasteiger charge is -2.19. The summed E-state index contributed by atoms with van der Waals surface area (Å²) in [6, 6.07) is -0.819. The molecule has 3 amide bonds. The predicted molar refractivity (Wildman–Crippen MR) is 73.7 cm³/mol. The summed E-state index contributed by atoms with van der Waals surface area (Å²) >= 11 is 0. The molecule has 8 heteroatoms. The third kappa shape index (κ3) is 10.1. The second-order valence-corrected chi connectivity index (χ2v) is 5.33. The van der Waals surface area contributed by atoms with Crippen LogP contribution in [0.5, 0.6) is 0 Å². The molecule has 0 radical (unpaired) electrons. The summed E-state index contributed by atoms with van der Waals surface area (Å²) in [5, 5.41) is 5.08. The van der Waals surface area contributed by atoms with Gasteiger partial charge in [-0.05, 0) is 27.2 Å². The molecule has 0 bridgehead atoms. The fourth-order valence-corrected chi connectivity index (χ4v) is 1.20. The number of carbonyl (C=O) groups excluding carboxylic acids is 3. The van der Waals surface area contributed by atoms with E-state index in [0.717, 1.165) is 0 Å². The molecule has 1 atom stereocenters. The third-order valence-corrected chi connectivity index (χ3v) is 2.16. The fourth-order valence-electron chi connectivity index (χ4n) is 1.20. The highest BCUT2D eigenvalue weighted by molar-refractivity contribution is 5.81. The number of nitrogens with two attached hydrogens (primary N) is 2. The predicted octanol–water partition coefficient (Wildman–Crippen LogP) is -0.780. The largest absolute Gasteiger partial charge is 0.444 e. The summed E-state index contributed by atoms with van der Waals surface area (Å²) in [5.41, 5.74) is 9.80. The molecular weight excluding hydrogens is 264 g/mol. The van der Waals surface area contributed by atoms with E-state index in [1.165, 1.54) is 0 Å². The SMILES string of the molecule is CC(C)(C)OC(=O)NCCNC(=O)CC[C@H](N)C(N)=O. The van der Waals surface area contributed by atoms with Crippen LogP contribution < -0.4 is 22.1 Å². The Hall–Kier alpha value is -1.83. The van der Waals surface area contributed by atoms with E-state index in [4.69, 9.17) is 16.2 Å². The smallest absolute Gasteiger partial charge is 0.407 e. The minimum absolute atomic E-state index is 0.108. The Morgan fingerprint density at radius 3 is 2.20 bits per heavy atom. The zero-order chi connectivity index (χ0) is 15.8. The Morgan fingerprint density at radius 2 is 1.70 bits per heavy atom. The molecule has 20 heavy (non-hydrogen) atoms. The van der Waals surface area contributed by atoms with Crippen LogP contribution in [0.1, 0.15) is 33.6 Å². The third-order valence-electron chi connectivity index (χ3n) is 2.16. The molecule has 0 rings (SSSR count). The second kappa shape index (κ2) is 8.36. The van der Waals surface area contributed by atoms with E-state index in [-0.39, 0.29) is 31.8 Å². The maximum atomic E-state index is 11.4. The van der Waals surface area contributed by atoms with Crippen molar-refractivity contribution in [1.29, 1.82) is 0 Å². The Labute approximate surface area is 118 Å². The van der Waals surface area contributed by atoms with E-state index < -0.39 is 23.6 Å². The van der Waals surface area contributed by atoms with Gasteiger partial charge in [-0.1, -0.05) is 0 Å². The second-order valence-electron chi connectivity index (χ2n) is 5.33. The molecule has 0 saturated carbocycles. The lowest BCUT2D eigenvalue weighted by molar-refractivity contribution is -0.122. The maximum absolute atomic E-state index is 11.4. The number of rotatable bonds is 7. The number of ether oxygens (including phenoxy) is 1. The van der Waals surface area contributed by atoms with Crippen LogP contribution >= 0.6 is 0 Å². The van der Waals surface area contributed by atoms with Crippen molar-refractivity contribution in [2.24, 2.45) is 11.5 Å². The Balaban J connectivity index is 3.67. The average Bonchev–Trinajstić information content (AvgIpc) is 2.29. The quantitative estimate of drug-likeness (QED) is 0.455. The minimum atomic E-state index is -0.819. The Bertz CT molecular complexity index is 352. The van der Waals surface area contributed by atoms with Gasteiger partial charge in [0.2, 0.25) is 11.8 Å². The number of hydrogen-bond acceptors (Lipinski definition) is 5. The van der Waals surface area contributed by atoms with E-state index in [9.17, 15) is 14.4 Å². The topological polar surface area (TPSA) is 137 Å². The van der Waals surface area contributed by atoms with Crippen LogP contribution in [0.4, 0.5) is 4.79 Å². The maximum Gasteiger partial charge on any atom is 0.407 e. The van der Waals surface area contributed by atoms with Crippen LogP contribution in [-0.2, 0) is 14.3 Å². The van der Waals surface area contributed by atoms with Gasteiger partial charge < -0.3 is 26.8 Å². The van der Waals surface area contributed by atoms with Gasteiger partial charge in [-0.2, -0.15) is 0 Å². The van der Waals surface area contributed by atoms with E-state index >= 15 is 0 Å². The first-order valence-corrected chi connectivity index (χ1v) is 6.40. The average molecular weight is 288 g/mol. The van der Waals surface area contributed by atoms with Crippen LogP contribution in [-0.4, -0.2) is 42.6 Å². The number of alkyl carbamates (subject to hydrolysis) is 1. The molecule has 0 unspecified atom stereocenters. The number of carbonyl (C=O) groups is 3. The number of nitrogens with one attached hydrogen (secondary N) is 2. The summed E-state index contributed by atoms with van der Waals surface area (Å²) < 4.78 is 5.02. The summed E-state index contributed by atoms with van der Waals surface area (Å²) in [6.07, 6.45) is -0.237. The summed E-state index contributed by atoms with van der Waals surface area (Å²) in [4.78, 5) is 33.3. The highest BCUT2D eigenvalue weighted by atomic mass is 16.6. The molecule has 8 nitrogen and oxygen atoms in total. The molecule has 0 fully saturated rings. The highest BCUT2D eigenvalue weighted by Gasteiger charge is 2.15. The van der Waals surface area contributed by atoms with Gasteiger partial charge in [0, 0.05) is 19.5 Å². The van der Waals surface area contributed by atoms with Crippen LogP contribution in [0.2, 0.25) is 0 Å². The summed E-state index contributed by atoms with van der Waals surface area (Å²) in [7, 11) is 0. The van der Waals surface area contributed by atoms with Crippen molar-refractivity contribution in [2.75, 3.05) is 13.1 Å². The number of hydrogen-bond donors (Lipinski definition) is 4. The van der Waals surface area contributed by atoms with Crippen LogP contribution in [0, 0.1) is 0 Å². The lowest BCUT2D eigenvalue weighted by atomic mass is 10.1. The minimum Gasteiger partial charge on any atom is -0.444 e. The van der Waals surface area contributed by atoms with Crippen molar-refractivity contribution in [3.05, 3.63) is 0 Å². The number of amides is 3.